The highest BCUT2D eigenvalue weighted by Crippen LogP contribution is 2.25. The lowest BCUT2D eigenvalue weighted by atomic mass is 10.1. The Morgan fingerprint density at radius 2 is 2.11 bits per heavy atom. The monoisotopic (exact) mass is 280 g/mol. The molecular weight excluding hydrogens is 264 g/mol. The molecule has 19 heavy (non-hydrogen) atoms. The number of anilines is 1. The predicted octanol–water partition coefficient (Wildman–Crippen LogP) is 1.09. The third-order valence-electron chi connectivity index (χ3n) is 2.98. The van der Waals surface area contributed by atoms with Crippen LogP contribution < -0.4 is 10.5 Å². The molecule has 0 aliphatic carbocycles. The van der Waals surface area contributed by atoms with E-state index in [1.807, 2.05) is 6.92 Å². The number of nitrogens with two attached hydrogens (primary N) is 1. The Bertz CT molecular complexity index is 678. The summed E-state index contributed by atoms with van der Waals surface area (Å²) in [6, 6.07) is 3.41. The number of hydrogen-bond acceptors (Lipinski definition) is 4. The molecule has 4 N–H and O–H groups in total. The number of nitrogens with one attached hydrogen (secondary N) is 2. The van der Waals surface area contributed by atoms with Crippen LogP contribution in [0.25, 0.3) is 0 Å². The van der Waals surface area contributed by atoms with Crippen molar-refractivity contribution in [2.24, 2.45) is 0 Å². The van der Waals surface area contributed by atoms with Gasteiger partial charge in [-0.05, 0) is 31.0 Å². The first-order valence-corrected chi connectivity index (χ1v) is 7.22. The number of aromatic nitrogens is 2. The summed E-state index contributed by atoms with van der Waals surface area (Å²) in [5.74, 6) is 0. The Morgan fingerprint density at radius 1 is 1.37 bits per heavy atom. The molecule has 102 valence electrons. The third-order valence-corrected chi connectivity index (χ3v) is 4.59. The van der Waals surface area contributed by atoms with Crippen LogP contribution in [0.3, 0.4) is 0 Å². The van der Waals surface area contributed by atoms with Gasteiger partial charge in [-0.1, -0.05) is 6.07 Å². The van der Waals surface area contributed by atoms with E-state index < -0.39 is 10.0 Å². The van der Waals surface area contributed by atoms with Gasteiger partial charge in [-0.3, -0.25) is 0 Å². The number of aryl methyl sites for hydroxylation is 1. The van der Waals surface area contributed by atoms with Gasteiger partial charge in [0.15, 0.2) is 0 Å². The number of nitrogens with zero attached hydrogens (tertiary/aromatic N) is 1. The minimum absolute atomic E-state index is 0.145. The molecule has 0 aliphatic rings. The van der Waals surface area contributed by atoms with Crippen molar-refractivity contribution in [3.8, 4) is 0 Å². The number of aromatic amines is 1. The van der Waals surface area contributed by atoms with Gasteiger partial charge < -0.3 is 10.7 Å². The average molecular weight is 280 g/mol. The zero-order valence-electron chi connectivity index (χ0n) is 10.8. The summed E-state index contributed by atoms with van der Waals surface area (Å²) in [6.07, 6.45) is 3.06. The molecule has 0 aliphatic heterocycles. The van der Waals surface area contributed by atoms with Gasteiger partial charge in [-0.2, -0.15) is 0 Å². The lowest BCUT2D eigenvalue weighted by Crippen LogP contribution is -2.25. The maximum atomic E-state index is 12.3. The maximum absolute atomic E-state index is 12.3. The molecule has 0 radical (unpaired) electrons. The van der Waals surface area contributed by atoms with Crippen LogP contribution >= 0.6 is 0 Å². The van der Waals surface area contributed by atoms with Crippen molar-refractivity contribution in [1.82, 2.24) is 14.7 Å². The lowest BCUT2D eigenvalue weighted by molar-refractivity contribution is 0.580. The second-order valence-electron chi connectivity index (χ2n) is 4.33. The number of sulfonamides is 1. The van der Waals surface area contributed by atoms with E-state index in [0.717, 1.165) is 5.56 Å². The SMILES string of the molecule is Cc1ccc(N)c(S(=O)(=O)NCc2cnc[nH]2)c1C. The molecule has 0 atom stereocenters. The summed E-state index contributed by atoms with van der Waals surface area (Å²) in [7, 11) is -3.64. The summed E-state index contributed by atoms with van der Waals surface area (Å²) in [6.45, 7) is 3.74. The van der Waals surface area contributed by atoms with Crippen LogP contribution in [0, 0.1) is 13.8 Å². The van der Waals surface area contributed by atoms with Gasteiger partial charge in [0.05, 0.1) is 18.6 Å². The van der Waals surface area contributed by atoms with E-state index in [2.05, 4.69) is 14.7 Å². The first-order chi connectivity index (χ1) is 8.92. The lowest BCUT2D eigenvalue weighted by Gasteiger charge is -2.13. The zero-order chi connectivity index (χ0) is 14.0. The summed E-state index contributed by atoms with van der Waals surface area (Å²) in [5, 5.41) is 0. The Morgan fingerprint density at radius 3 is 2.74 bits per heavy atom. The fraction of sp³-hybridized carbons (Fsp3) is 0.250. The van der Waals surface area contributed by atoms with Crippen molar-refractivity contribution < 1.29 is 8.42 Å². The van der Waals surface area contributed by atoms with E-state index in [0.29, 0.717) is 11.3 Å². The molecule has 0 saturated carbocycles. The number of benzene rings is 1. The minimum Gasteiger partial charge on any atom is -0.398 e. The molecule has 1 aromatic carbocycles. The van der Waals surface area contributed by atoms with E-state index in [4.69, 9.17) is 5.73 Å². The predicted molar refractivity (Wildman–Crippen MR) is 72.9 cm³/mol. The van der Waals surface area contributed by atoms with Crippen LogP contribution in [0.15, 0.2) is 29.6 Å². The first kappa shape index (κ1) is 13.6. The fourth-order valence-corrected chi connectivity index (χ4v) is 3.23. The average Bonchev–Trinajstić information content (AvgIpc) is 2.85. The van der Waals surface area contributed by atoms with Crippen molar-refractivity contribution in [3.05, 3.63) is 41.5 Å². The smallest absolute Gasteiger partial charge is 0.243 e. The second kappa shape index (κ2) is 5.02. The summed E-state index contributed by atoms with van der Waals surface area (Å²) >= 11 is 0. The Kier molecular flexibility index (Phi) is 3.59. The number of rotatable bonds is 4. The van der Waals surface area contributed by atoms with Gasteiger partial charge in [-0.15, -0.1) is 0 Å². The molecule has 0 saturated heterocycles. The summed E-state index contributed by atoms with van der Waals surface area (Å²) in [5.41, 5.74) is 8.27. The summed E-state index contributed by atoms with van der Waals surface area (Å²) < 4.78 is 27.1. The minimum atomic E-state index is -3.64. The van der Waals surface area contributed by atoms with Gasteiger partial charge in [0.25, 0.3) is 0 Å². The Balaban J connectivity index is 2.32. The van der Waals surface area contributed by atoms with Crippen LogP contribution in [0.5, 0.6) is 0 Å². The molecular formula is C12H16N4O2S. The second-order valence-corrected chi connectivity index (χ2v) is 6.03. The molecule has 0 spiro atoms. The van der Waals surface area contributed by atoms with E-state index in [9.17, 15) is 8.42 Å². The van der Waals surface area contributed by atoms with Gasteiger partial charge in [-0.25, -0.2) is 18.1 Å². The molecule has 2 rings (SSSR count). The molecule has 2 aromatic rings. The van der Waals surface area contributed by atoms with E-state index in [1.165, 1.54) is 6.33 Å². The topological polar surface area (TPSA) is 101 Å². The first-order valence-electron chi connectivity index (χ1n) is 5.74. The number of hydrogen-bond donors (Lipinski definition) is 3. The van der Waals surface area contributed by atoms with Crippen LogP contribution in [0.1, 0.15) is 16.8 Å². The highest BCUT2D eigenvalue weighted by molar-refractivity contribution is 7.89. The Labute approximate surface area is 112 Å². The molecule has 0 fully saturated rings. The normalized spacial score (nSPS) is 11.7. The van der Waals surface area contributed by atoms with Gasteiger partial charge in [0, 0.05) is 11.9 Å². The van der Waals surface area contributed by atoms with E-state index in [-0.39, 0.29) is 17.1 Å². The van der Waals surface area contributed by atoms with Crippen LogP contribution in [0.4, 0.5) is 5.69 Å². The number of nitrogen functional groups attached to an aromatic ring is 1. The van der Waals surface area contributed by atoms with Crippen molar-refractivity contribution in [2.75, 3.05) is 5.73 Å². The third kappa shape index (κ3) is 2.77. The molecule has 0 amide bonds. The van der Waals surface area contributed by atoms with E-state index in [1.54, 1.807) is 25.3 Å². The highest BCUT2D eigenvalue weighted by Gasteiger charge is 2.20. The summed E-state index contributed by atoms with van der Waals surface area (Å²) in [4.78, 5) is 6.81. The molecule has 0 unspecified atom stereocenters. The molecule has 6 nitrogen and oxygen atoms in total. The van der Waals surface area contributed by atoms with Gasteiger partial charge in [0.1, 0.15) is 4.90 Å². The van der Waals surface area contributed by atoms with Crippen molar-refractivity contribution >= 4 is 15.7 Å². The number of imidazole rings is 1. The quantitative estimate of drug-likeness (QED) is 0.730. The van der Waals surface area contributed by atoms with Crippen molar-refractivity contribution in [2.45, 2.75) is 25.3 Å². The zero-order valence-corrected chi connectivity index (χ0v) is 11.6. The van der Waals surface area contributed by atoms with Crippen molar-refractivity contribution in [1.29, 1.82) is 0 Å². The molecule has 1 aromatic heterocycles. The molecule has 0 bridgehead atoms. The molecule has 7 heteroatoms. The van der Waals surface area contributed by atoms with E-state index >= 15 is 0 Å². The standard InChI is InChI=1S/C12H16N4O2S/c1-8-3-4-11(13)12(9(8)2)19(17,18)16-6-10-5-14-7-15-10/h3-5,7,16H,6,13H2,1-2H3,(H,14,15). The highest BCUT2D eigenvalue weighted by atomic mass is 32.2. The van der Waals surface area contributed by atoms with Crippen LogP contribution in [-0.2, 0) is 16.6 Å². The van der Waals surface area contributed by atoms with Crippen LogP contribution in [0.2, 0.25) is 0 Å². The van der Waals surface area contributed by atoms with Crippen molar-refractivity contribution in [3.63, 3.8) is 0 Å². The van der Waals surface area contributed by atoms with Gasteiger partial charge >= 0.3 is 0 Å². The largest absolute Gasteiger partial charge is 0.398 e. The molecule has 1 heterocycles. The van der Waals surface area contributed by atoms with Crippen LogP contribution in [-0.4, -0.2) is 18.4 Å². The fourth-order valence-electron chi connectivity index (χ4n) is 1.79. The number of H-pyrrole nitrogens is 1. The Hall–Kier alpha value is -1.86. The maximum Gasteiger partial charge on any atom is 0.243 e. The van der Waals surface area contributed by atoms with Gasteiger partial charge in [0.2, 0.25) is 10.0 Å².